The average molecular weight is 292 g/mol. The predicted molar refractivity (Wildman–Crippen MR) is 84.2 cm³/mol. The third kappa shape index (κ3) is 2.70. The van der Waals surface area contributed by atoms with Gasteiger partial charge in [0.25, 0.3) is 0 Å². The van der Waals surface area contributed by atoms with Crippen molar-refractivity contribution in [1.82, 2.24) is 14.9 Å². The summed E-state index contributed by atoms with van der Waals surface area (Å²) >= 11 is 6.08. The molecule has 2 aromatic rings. The lowest BCUT2D eigenvalue weighted by Crippen LogP contribution is -2.27. The minimum absolute atomic E-state index is 0.404. The standard InChI is InChI=1S/C16H22ClN3/c1-11(2)20-15-8-7-12(17)9-14(15)19-16(20)10-18-13-5-3-4-6-13/h7-9,11,13,18H,3-6,10H2,1-2H3. The minimum atomic E-state index is 0.404. The van der Waals surface area contributed by atoms with Crippen LogP contribution >= 0.6 is 11.6 Å². The summed E-state index contributed by atoms with van der Waals surface area (Å²) < 4.78 is 2.31. The SMILES string of the molecule is CC(C)n1c(CNC2CCCC2)nc2cc(Cl)ccc21. The van der Waals surface area contributed by atoms with Gasteiger partial charge in [0.1, 0.15) is 5.82 Å². The van der Waals surface area contributed by atoms with Crippen LogP contribution in [0.15, 0.2) is 18.2 Å². The number of aromatic nitrogens is 2. The third-order valence-electron chi connectivity index (χ3n) is 4.15. The van der Waals surface area contributed by atoms with Crippen molar-refractivity contribution in [2.45, 2.75) is 58.2 Å². The molecule has 0 atom stereocenters. The molecular weight excluding hydrogens is 270 g/mol. The molecule has 1 aromatic heterocycles. The van der Waals surface area contributed by atoms with Gasteiger partial charge in [-0.05, 0) is 44.9 Å². The first-order valence-corrected chi connectivity index (χ1v) is 7.92. The normalized spacial score (nSPS) is 16.6. The van der Waals surface area contributed by atoms with E-state index in [-0.39, 0.29) is 0 Å². The van der Waals surface area contributed by atoms with Crippen molar-refractivity contribution in [1.29, 1.82) is 0 Å². The molecule has 0 spiro atoms. The van der Waals surface area contributed by atoms with Crippen molar-refractivity contribution in [3.63, 3.8) is 0 Å². The summed E-state index contributed by atoms with van der Waals surface area (Å²) in [6, 6.07) is 7.04. The molecule has 108 valence electrons. The number of fused-ring (bicyclic) bond motifs is 1. The van der Waals surface area contributed by atoms with Gasteiger partial charge in [-0.1, -0.05) is 24.4 Å². The van der Waals surface area contributed by atoms with E-state index in [0.29, 0.717) is 12.1 Å². The van der Waals surface area contributed by atoms with Gasteiger partial charge in [-0.15, -0.1) is 0 Å². The van der Waals surface area contributed by atoms with Crippen molar-refractivity contribution in [3.05, 3.63) is 29.0 Å². The van der Waals surface area contributed by atoms with Crippen molar-refractivity contribution < 1.29 is 0 Å². The van der Waals surface area contributed by atoms with Crippen LogP contribution in [0.3, 0.4) is 0 Å². The van der Waals surface area contributed by atoms with Crippen LogP contribution < -0.4 is 5.32 Å². The fourth-order valence-corrected chi connectivity index (χ4v) is 3.35. The maximum Gasteiger partial charge on any atom is 0.124 e. The van der Waals surface area contributed by atoms with Crippen LogP contribution in [0.1, 0.15) is 51.4 Å². The molecule has 1 N–H and O–H groups in total. The quantitative estimate of drug-likeness (QED) is 0.910. The number of nitrogens with one attached hydrogen (secondary N) is 1. The molecule has 3 rings (SSSR count). The van der Waals surface area contributed by atoms with E-state index < -0.39 is 0 Å². The molecule has 1 saturated carbocycles. The monoisotopic (exact) mass is 291 g/mol. The maximum absolute atomic E-state index is 6.08. The van der Waals surface area contributed by atoms with E-state index in [1.54, 1.807) is 0 Å². The van der Waals surface area contributed by atoms with E-state index in [4.69, 9.17) is 16.6 Å². The molecule has 1 aliphatic carbocycles. The largest absolute Gasteiger partial charge is 0.324 e. The molecule has 0 amide bonds. The molecule has 1 heterocycles. The highest BCUT2D eigenvalue weighted by molar-refractivity contribution is 6.31. The van der Waals surface area contributed by atoms with Gasteiger partial charge in [0.05, 0.1) is 17.6 Å². The lowest BCUT2D eigenvalue weighted by atomic mass is 10.2. The molecule has 20 heavy (non-hydrogen) atoms. The fourth-order valence-electron chi connectivity index (χ4n) is 3.19. The van der Waals surface area contributed by atoms with Crippen molar-refractivity contribution in [2.24, 2.45) is 0 Å². The molecular formula is C16H22ClN3. The number of rotatable bonds is 4. The second kappa shape index (κ2) is 5.74. The Labute approximate surface area is 125 Å². The smallest absolute Gasteiger partial charge is 0.124 e. The zero-order valence-corrected chi connectivity index (χ0v) is 13.0. The highest BCUT2D eigenvalue weighted by Crippen LogP contribution is 2.24. The van der Waals surface area contributed by atoms with Crippen LogP contribution in [0.4, 0.5) is 0 Å². The van der Waals surface area contributed by atoms with Crippen molar-refractivity contribution in [2.75, 3.05) is 0 Å². The molecule has 1 fully saturated rings. The predicted octanol–water partition coefficient (Wildman–Crippen LogP) is 4.30. The number of benzene rings is 1. The Balaban J connectivity index is 1.89. The molecule has 1 aromatic carbocycles. The van der Waals surface area contributed by atoms with E-state index >= 15 is 0 Å². The van der Waals surface area contributed by atoms with E-state index in [0.717, 1.165) is 22.9 Å². The summed E-state index contributed by atoms with van der Waals surface area (Å²) in [7, 11) is 0. The van der Waals surface area contributed by atoms with Crippen molar-refractivity contribution >= 4 is 22.6 Å². The van der Waals surface area contributed by atoms with Crippen molar-refractivity contribution in [3.8, 4) is 0 Å². The third-order valence-corrected chi connectivity index (χ3v) is 4.38. The average Bonchev–Trinajstić information content (AvgIpc) is 3.02. The zero-order valence-electron chi connectivity index (χ0n) is 12.2. The Morgan fingerprint density at radius 1 is 1.35 bits per heavy atom. The van der Waals surface area contributed by atoms with E-state index in [1.165, 1.54) is 31.2 Å². The topological polar surface area (TPSA) is 29.9 Å². The first-order valence-electron chi connectivity index (χ1n) is 7.55. The van der Waals surface area contributed by atoms with Crippen LogP contribution in [0.5, 0.6) is 0 Å². The summed E-state index contributed by atoms with van der Waals surface area (Å²) in [6.07, 6.45) is 5.31. The lowest BCUT2D eigenvalue weighted by Gasteiger charge is -2.16. The van der Waals surface area contributed by atoms with Crippen LogP contribution in [0.25, 0.3) is 11.0 Å². The molecule has 1 aliphatic rings. The maximum atomic E-state index is 6.08. The second-order valence-electron chi connectivity index (χ2n) is 5.99. The number of imidazole rings is 1. The summed E-state index contributed by atoms with van der Waals surface area (Å²) in [4.78, 5) is 4.77. The van der Waals surface area contributed by atoms with E-state index in [1.807, 2.05) is 12.1 Å². The number of hydrogen-bond donors (Lipinski definition) is 1. The highest BCUT2D eigenvalue weighted by atomic mass is 35.5. The molecule has 0 aliphatic heterocycles. The van der Waals surface area contributed by atoms with Crippen LogP contribution in [0, 0.1) is 0 Å². The summed E-state index contributed by atoms with van der Waals surface area (Å²) in [5.41, 5.74) is 2.17. The Hall–Kier alpha value is -1.06. The molecule has 0 radical (unpaired) electrons. The van der Waals surface area contributed by atoms with Gasteiger partial charge in [0, 0.05) is 17.1 Å². The van der Waals surface area contributed by atoms with E-state index in [9.17, 15) is 0 Å². The number of nitrogens with zero attached hydrogens (tertiary/aromatic N) is 2. The Morgan fingerprint density at radius 3 is 2.80 bits per heavy atom. The van der Waals surface area contributed by atoms with Gasteiger partial charge in [-0.3, -0.25) is 0 Å². The van der Waals surface area contributed by atoms with Crippen LogP contribution in [-0.2, 0) is 6.54 Å². The molecule has 0 unspecified atom stereocenters. The molecule has 0 saturated heterocycles. The van der Waals surface area contributed by atoms with Crippen LogP contribution in [0.2, 0.25) is 5.02 Å². The second-order valence-corrected chi connectivity index (χ2v) is 6.42. The van der Waals surface area contributed by atoms with Gasteiger partial charge in [-0.25, -0.2) is 4.98 Å². The minimum Gasteiger partial charge on any atom is -0.324 e. The van der Waals surface area contributed by atoms with Gasteiger partial charge >= 0.3 is 0 Å². The summed E-state index contributed by atoms with van der Waals surface area (Å²) in [5, 5.41) is 4.40. The van der Waals surface area contributed by atoms with Gasteiger partial charge in [0.2, 0.25) is 0 Å². The zero-order chi connectivity index (χ0) is 14.1. The number of halogens is 1. The Bertz CT molecular complexity index is 597. The fraction of sp³-hybridized carbons (Fsp3) is 0.562. The lowest BCUT2D eigenvalue weighted by molar-refractivity contribution is 0.489. The van der Waals surface area contributed by atoms with Gasteiger partial charge in [-0.2, -0.15) is 0 Å². The molecule has 0 bridgehead atoms. The van der Waals surface area contributed by atoms with E-state index in [2.05, 4.69) is 29.8 Å². The summed E-state index contributed by atoms with van der Waals surface area (Å²) in [6.45, 7) is 5.25. The van der Waals surface area contributed by atoms with Gasteiger partial charge in [0.15, 0.2) is 0 Å². The first-order chi connectivity index (χ1) is 9.65. The first kappa shape index (κ1) is 13.9. The summed E-state index contributed by atoms with van der Waals surface area (Å²) in [5.74, 6) is 1.11. The highest BCUT2D eigenvalue weighted by Gasteiger charge is 2.17. The Kier molecular flexibility index (Phi) is 3.99. The number of hydrogen-bond acceptors (Lipinski definition) is 2. The van der Waals surface area contributed by atoms with Crippen LogP contribution in [-0.4, -0.2) is 15.6 Å². The van der Waals surface area contributed by atoms with Gasteiger partial charge < -0.3 is 9.88 Å². The molecule has 4 heteroatoms. The Morgan fingerprint density at radius 2 is 2.10 bits per heavy atom. The molecule has 3 nitrogen and oxygen atoms in total.